The molecule has 0 heterocycles. The van der Waals surface area contributed by atoms with Gasteiger partial charge in [-0.2, -0.15) is 0 Å². The number of phenolic OH excluding ortho intramolecular Hbond substituents is 3. The zero-order valence-corrected chi connectivity index (χ0v) is 12.9. The van der Waals surface area contributed by atoms with Crippen molar-refractivity contribution in [3.05, 3.63) is 17.7 Å². The maximum atomic E-state index is 11.8. The number of unbranched alkanes of at least 4 members (excludes halogenated alkanes) is 5. The van der Waals surface area contributed by atoms with Crippen LogP contribution >= 0.6 is 0 Å². The van der Waals surface area contributed by atoms with Gasteiger partial charge in [0, 0.05) is 0 Å². The largest absolute Gasteiger partial charge is 0.504 e. The van der Waals surface area contributed by atoms with Gasteiger partial charge in [0.25, 0.3) is 0 Å². The molecule has 0 aliphatic rings. The van der Waals surface area contributed by atoms with Gasteiger partial charge in [0.1, 0.15) is 6.04 Å². The highest BCUT2D eigenvalue weighted by molar-refractivity contribution is 5.78. The molecular formula is C16H25NO5. The van der Waals surface area contributed by atoms with Gasteiger partial charge in [-0.05, 0) is 24.1 Å². The second kappa shape index (κ2) is 9.15. The maximum absolute atomic E-state index is 11.8. The van der Waals surface area contributed by atoms with Crippen LogP contribution in [0, 0.1) is 0 Å². The molecule has 1 atom stereocenters. The molecule has 0 aliphatic carbocycles. The molecule has 0 unspecified atom stereocenters. The van der Waals surface area contributed by atoms with Crippen molar-refractivity contribution in [3.63, 3.8) is 0 Å². The predicted octanol–water partition coefficient (Wildman–Crippen LogP) is 2.71. The lowest BCUT2D eigenvalue weighted by atomic mass is 10.1. The summed E-state index contributed by atoms with van der Waals surface area (Å²) >= 11 is 0. The third kappa shape index (κ3) is 5.44. The van der Waals surface area contributed by atoms with Crippen LogP contribution in [0.25, 0.3) is 0 Å². The van der Waals surface area contributed by atoms with Gasteiger partial charge >= 0.3 is 5.97 Å². The SMILES string of the molecule is CCCCCCCCOC(=O)[C@H](N)c1cc(O)c(O)c(O)c1. The first-order chi connectivity index (χ1) is 10.5. The molecule has 6 heteroatoms. The Morgan fingerprint density at radius 3 is 2.23 bits per heavy atom. The number of esters is 1. The number of benzene rings is 1. The number of carbonyl (C=O) groups is 1. The minimum atomic E-state index is -1.11. The van der Waals surface area contributed by atoms with Crippen molar-refractivity contribution >= 4 is 5.97 Å². The highest BCUT2D eigenvalue weighted by atomic mass is 16.5. The number of nitrogens with two attached hydrogens (primary N) is 1. The van der Waals surface area contributed by atoms with Crippen molar-refractivity contribution in [2.45, 2.75) is 51.5 Å². The Labute approximate surface area is 130 Å². The van der Waals surface area contributed by atoms with Crippen LogP contribution in [0.4, 0.5) is 0 Å². The second-order valence-electron chi connectivity index (χ2n) is 5.32. The molecule has 0 spiro atoms. The normalized spacial score (nSPS) is 12.1. The fraction of sp³-hybridized carbons (Fsp3) is 0.562. The smallest absolute Gasteiger partial charge is 0.327 e. The first-order valence-corrected chi connectivity index (χ1v) is 7.64. The summed E-state index contributed by atoms with van der Waals surface area (Å²) in [6.45, 7) is 2.46. The zero-order chi connectivity index (χ0) is 16.5. The van der Waals surface area contributed by atoms with Crippen LogP contribution in [-0.2, 0) is 9.53 Å². The Balaban J connectivity index is 2.39. The molecule has 1 aromatic carbocycles. The standard InChI is InChI=1S/C16H25NO5/c1-2-3-4-5-6-7-8-22-16(21)14(17)11-9-12(18)15(20)13(19)10-11/h9-10,14,18-20H,2-8,17H2,1H3/t14-/m1/s1. The summed E-state index contributed by atoms with van der Waals surface area (Å²) in [5.74, 6) is -2.34. The van der Waals surface area contributed by atoms with Crippen LogP contribution in [0.15, 0.2) is 12.1 Å². The van der Waals surface area contributed by atoms with Crippen LogP contribution in [-0.4, -0.2) is 27.9 Å². The van der Waals surface area contributed by atoms with Gasteiger partial charge < -0.3 is 25.8 Å². The van der Waals surface area contributed by atoms with Gasteiger partial charge in [-0.25, -0.2) is 4.79 Å². The van der Waals surface area contributed by atoms with E-state index in [9.17, 15) is 20.1 Å². The molecule has 0 bridgehead atoms. The average molecular weight is 311 g/mol. The number of rotatable bonds is 9. The first kappa shape index (κ1) is 18.1. The zero-order valence-electron chi connectivity index (χ0n) is 12.9. The number of phenols is 3. The lowest BCUT2D eigenvalue weighted by Gasteiger charge is -2.13. The van der Waals surface area contributed by atoms with Crippen molar-refractivity contribution in [3.8, 4) is 17.2 Å². The van der Waals surface area contributed by atoms with Crippen molar-refractivity contribution in [2.24, 2.45) is 5.73 Å². The monoisotopic (exact) mass is 311 g/mol. The Bertz CT molecular complexity index is 466. The van der Waals surface area contributed by atoms with Crippen molar-refractivity contribution < 1.29 is 24.9 Å². The van der Waals surface area contributed by atoms with Gasteiger partial charge in [-0.3, -0.25) is 0 Å². The quantitative estimate of drug-likeness (QED) is 0.317. The summed E-state index contributed by atoms with van der Waals surface area (Å²) in [6, 6.07) is 1.15. The molecular weight excluding hydrogens is 286 g/mol. The fourth-order valence-corrected chi connectivity index (χ4v) is 2.09. The predicted molar refractivity (Wildman–Crippen MR) is 82.7 cm³/mol. The number of hydrogen-bond donors (Lipinski definition) is 4. The third-order valence-corrected chi connectivity index (χ3v) is 3.45. The summed E-state index contributed by atoms with van der Waals surface area (Å²) < 4.78 is 5.09. The van der Waals surface area contributed by atoms with Gasteiger partial charge in [0.15, 0.2) is 17.2 Å². The van der Waals surface area contributed by atoms with E-state index in [0.29, 0.717) is 6.61 Å². The van der Waals surface area contributed by atoms with Crippen LogP contribution in [0.5, 0.6) is 17.2 Å². The lowest BCUT2D eigenvalue weighted by Crippen LogP contribution is -2.24. The van der Waals surface area contributed by atoms with Crippen LogP contribution in [0.1, 0.15) is 57.1 Å². The van der Waals surface area contributed by atoms with Gasteiger partial charge in [-0.1, -0.05) is 39.0 Å². The molecule has 0 fully saturated rings. The maximum Gasteiger partial charge on any atom is 0.327 e. The van der Waals surface area contributed by atoms with Crippen LogP contribution < -0.4 is 5.73 Å². The van der Waals surface area contributed by atoms with Crippen LogP contribution in [0.2, 0.25) is 0 Å². The molecule has 0 saturated heterocycles. The van der Waals surface area contributed by atoms with E-state index in [-0.39, 0.29) is 5.56 Å². The molecule has 0 aromatic heterocycles. The van der Waals surface area contributed by atoms with E-state index in [0.717, 1.165) is 31.4 Å². The van der Waals surface area contributed by atoms with Crippen molar-refractivity contribution in [1.29, 1.82) is 0 Å². The van der Waals surface area contributed by atoms with E-state index in [2.05, 4.69) is 6.92 Å². The lowest BCUT2D eigenvalue weighted by molar-refractivity contribution is -0.145. The number of carbonyl (C=O) groups excluding carboxylic acids is 1. The summed E-state index contributed by atoms with van der Waals surface area (Å²) in [6.07, 6.45) is 6.51. The summed E-state index contributed by atoms with van der Waals surface area (Å²) in [7, 11) is 0. The molecule has 1 rings (SSSR count). The van der Waals surface area contributed by atoms with Gasteiger partial charge in [0.2, 0.25) is 0 Å². The summed E-state index contributed by atoms with van der Waals surface area (Å²) in [5.41, 5.74) is 5.91. The molecule has 0 aliphatic heterocycles. The van der Waals surface area contributed by atoms with Crippen molar-refractivity contribution in [1.82, 2.24) is 0 Å². The minimum Gasteiger partial charge on any atom is -0.504 e. The summed E-state index contributed by atoms with van der Waals surface area (Å²) in [5, 5.41) is 28.1. The Morgan fingerprint density at radius 2 is 1.64 bits per heavy atom. The number of ether oxygens (including phenoxy) is 1. The molecule has 0 amide bonds. The molecule has 0 saturated carbocycles. The summed E-state index contributed by atoms with van der Waals surface area (Å²) in [4.78, 5) is 11.8. The average Bonchev–Trinajstić information content (AvgIpc) is 2.50. The van der Waals surface area contributed by atoms with Gasteiger partial charge in [0.05, 0.1) is 6.61 Å². The Kier molecular flexibility index (Phi) is 7.52. The first-order valence-electron chi connectivity index (χ1n) is 7.64. The van der Waals surface area contributed by atoms with Crippen LogP contribution in [0.3, 0.4) is 0 Å². The van der Waals surface area contributed by atoms with E-state index < -0.39 is 29.3 Å². The minimum absolute atomic E-state index is 0.181. The molecule has 22 heavy (non-hydrogen) atoms. The third-order valence-electron chi connectivity index (χ3n) is 3.45. The highest BCUT2D eigenvalue weighted by Gasteiger charge is 2.20. The fourth-order valence-electron chi connectivity index (χ4n) is 2.09. The van der Waals surface area contributed by atoms with Crippen molar-refractivity contribution in [2.75, 3.05) is 6.61 Å². The molecule has 5 N–H and O–H groups in total. The van der Waals surface area contributed by atoms with E-state index in [1.54, 1.807) is 0 Å². The highest BCUT2D eigenvalue weighted by Crippen LogP contribution is 2.36. The molecule has 1 aromatic rings. The molecule has 6 nitrogen and oxygen atoms in total. The van der Waals surface area contributed by atoms with E-state index in [1.165, 1.54) is 19.3 Å². The molecule has 0 radical (unpaired) electrons. The number of aromatic hydroxyl groups is 3. The number of hydrogen-bond acceptors (Lipinski definition) is 6. The van der Waals surface area contributed by atoms with E-state index in [4.69, 9.17) is 10.5 Å². The Hall–Kier alpha value is -1.95. The van der Waals surface area contributed by atoms with E-state index in [1.807, 2.05) is 0 Å². The topological polar surface area (TPSA) is 113 Å². The van der Waals surface area contributed by atoms with E-state index >= 15 is 0 Å². The van der Waals surface area contributed by atoms with Gasteiger partial charge in [-0.15, -0.1) is 0 Å². The second-order valence-corrected chi connectivity index (χ2v) is 5.32. The molecule has 124 valence electrons. The Morgan fingerprint density at radius 1 is 1.09 bits per heavy atom.